The number of nitriles is 1. The predicted octanol–water partition coefficient (Wildman–Crippen LogP) is 5.81. The molecular formula is C26H25N3O3S2. The summed E-state index contributed by atoms with van der Waals surface area (Å²) < 4.78 is 5.04. The second-order valence-electron chi connectivity index (χ2n) is 8.26. The highest BCUT2D eigenvalue weighted by Gasteiger charge is 2.29. The number of ether oxygens (including phenoxy) is 1. The van der Waals surface area contributed by atoms with Gasteiger partial charge in [0.15, 0.2) is 0 Å². The Morgan fingerprint density at radius 1 is 1.24 bits per heavy atom. The summed E-state index contributed by atoms with van der Waals surface area (Å²) in [5.41, 5.74) is 5.16. The number of rotatable bonds is 7. The van der Waals surface area contributed by atoms with E-state index in [0.29, 0.717) is 26.9 Å². The van der Waals surface area contributed by atoms with Gasteiger partial charge in [-0.15, -0.1) is 23.1 Å². The Hall–Kier alpha value is -3.15. The molecule has 0 bridgehead atoms. The maximum absolute atomic E-state index is 12.8. The summed E-state index contributed by atoms with van der Waals surface area (Å²) in [6.45, 7) is 4.10. The van der Waals surface area contributed by atoms with Crippen LogP contribution in [0.3, 0.4) is 0 Å². The van der Waals surface area contributed by atoms with E-state index in [2.05, 4.69) is 28.5 Å². The average Bonchev–Trinajstić information content (AvgIpc) is 3.21. The highest BCUT2D eigenvalue weighted by atomic mass is 32.2. The number of fused-ring (bicyclic) bond motifs is 3. The standard InChI is InChI=1S/C26H25N3O3S2/c1-15(2)20-11-9-17(14-27)24(28-20)33-13-12-21(30)29-25-22(26(31)32-3)19-10-8-16-6-4-5-7-18(16)23(19)34-25/h4-7,9,11,15H,8,10,12-13H2,1-3H3,(H,29,30). The number of carbonyl (C=O) groups is 2. The molecule has 34 heavy (non-hydrogen) atoms. The van der Waals surface area contributed by atoms with Crippen LogP contribution in [0.15, 0.2) is 41.4 Å². The van der Waals surface area contributed by atoms with Crippen molar-refractivity contribution in [2.75, 3.05) is 18.2 Å². The molecule has 8 heteroatoms. The van der Waals surface area contributed by atoms with Gasteiger partial charge in [0.1, 0.15) is 16.1 Å². The summed E-state index contributed by atoms with van der Waals surface area (Å²) in [5, 5.41) is 13.5. The van der Waals surface area contributed by atoms with Crippen LogP contribution in [0, 0.1) is 11.3 Å². The summed E-state index contributed by atoms with van der Waals surface area (Å²) in [7, 11) is 1.36. The number of methoxy groups -OCH3 is 1. The van der Waals surface area contributed by atoms with Crippen LogP contribution in [0.4, 0.5) is 5.00 Å². The number of pyridine rings is 1. The molecular weight excluding hydrogens is 466 g/mol. The first-order valence-electron chi connectivity index (χ1n) is 11.1. The summed E-state index contributed by atoms with van der Waals surface area (Å²) in [6, 6.07) is 14.0. The molecule has 0 radical (unpaired) electrons. The molecule has 0 spiro atoms. The number of thioether (sulfide) groups is 1. The number of benzene rings is 1. The molecule has 0 fully saturated rings. The number of anilines is 1. The van der Waals surface area contributed by atoms with Gasteiger partial charge < -0.3 is 10.1 Å². The monoisotopic (exact) mass is 491 g/mol. The zero-order chi connectivity index (χ0) is 24.2. The number of hydrogen-bond acceptors (Lipinski definition) is 7. The largest absolute Gasteiger partial charge is 0.465 e. The first-order valence-corrected chi connectivity index (χ1v) is 12.9. The van der Waals surface area contributed by atoms with Gasteiger partial charge in [0, 0.05) is 22.7 Å². The van der Waals surface area contributed by atoms with E-state index in [1.54, 1.807) is 6.07 Å². The highest BCUT2D eigenvalue weighted by Crippen LogP contribution is 2.45. The van der Waals surface area contributed by atoms with Gasteiger partial charge in [-0.05, 0) is 47.6 Å². The van der Waals surface area contributed by atoms with E-state index in [1.165, 1.54) is 35.8 Å². The van der Waals surface area contributed by atoms with Gasteiger partial charge >= 0.3 is 5.97 Å². The van der Waals surface area contributed by atoms with Gasteiger partial charge in [0.05, 0.1) is 18.2 Å². The number of aromatic nitrogens is 1. The number of thiophene rings is 1. The van der Waals surface area contributed by atoms with Crippen LogP contribution in [0.25, 0.3) is 10.4 Å². The summed E-state index contributed by atoms with van der Waals surface area (Å²) in [5.74, 6) is 0.0939. The van der Waals surface area contributed by atoms with E-state index in [0.717, 1.165) is 34.5 Å². The van der Waals surface area contributed by atoms with E-state index in [-0.39, 0.29) is 18.2 Å². The third-order valence-corrected chi connectivity index (χ3v) is 7.89. The van der Waals surface area contributed by atoms with Crippen LogP contribution >= 0.6 is 23.1 Å². The Balaban J connectivity index is 1.50. The van der Waals surface area contributed by atoms with E-state index < -0.39 is 5.97 Å². The van der Waals surface area contributed by atoms with E-state index in [4.69, 9.17) is 4.74 Å². The molecule has 2 heterocycles. The van der Waals surface area contributed by atoms with Crippen molar-refractivity contribution in [1.82, 2.24) is 4.98 Å². The summed E-state index contributed by atoms with van der Waals surface area (Å²) in [4.78, 5) is 31.0. The minimum absolute atomic E-state index is 0.192. The quantitative estimate of drug-likeness (QED) is 0.331. The molecule has 4 rings (SSSR count). The molecule has 3 aromatic rings. The molecule has 0 aliphatic heterocycles. The molecule has 1 aliphatic carbocycles. The molecule has 1 N–H and O–H groups in total. The normalized spacial score (nSPS) is 12.0. The number of esters is 1. The maximum Gasteiger partial charge on any atom is 0.341 e. The Morgan fingerprint density at radius 3 is 2.76 bits per heavy atom. The number of hydrogen-bond donors (Lipinski definition) is 1. The molecule has 0 unspecified atom stereocenters. The highest BCUT2D eigenvalue weighted by molar-refractivity contribution is 7.99. The Bertz CT molecular complexity index is 1290. The van der Waals surface area contributed by atoms with Crippen LogP contribution in [0.1, 0.15) is 58.9 Å². The Kier molecular flexibility index (Phi) is 7.35. The van der Waals surface area contributed by atoms with Crippen molar-refractivity contribution in [1.29, 1.82) is 5.26 Å². The summed E-state index contributed by atoms with van der Waals surface area (Å²) in [6.07, 6.45) is 1.80. The van der Waals surface area contributed by atoms with E-state index in [9.17, 15) is 14.9 Å². The molecule has 6 nitrogen and oxygen atoms in total. The Labute approximate surface area is 207 Å². The number of carbonyl (C=O) groups excluding carboxylic acids is 2. The maximum atomic E-state index is 12.8. The van der Waals surface area contributed by atoms with Crippen LogP contribution in [0.2, 0.25) is 0 Å². The lowest BCUT2D eigenvalue weighted by Crippen LogP contribution is -2.15. The fourth-order valence-corrected chi connectivity index (χ4v) is 6.18. The molecule has 1 aromatic carbocycles. The fraction of sp³-hybridized carbons (Fsp3) is 0.308. The van der Waals surface area contributed by atoms with Crippen molar-refractivity contribution in [3.05, 3.63) is 64.3 Å². The number of nitrogens with zero attached hydrogens (tertiary/aromatic N) is 2. The second-order valence-corrected chi connectivity index (χ2v) is 10.4. The van der Waals surface area contributed by atoms with Crippen molar-refractivity contribution in [2.45, 2.75) is 44.1 Å². The topological polar surface area (TPSA) is 92.1 Å². The van der Waals surface area contributed by atoms with Crippen molar-refractivity contribution in [3.63, 3.8) is 0 Å². The zero-order valence-electron chi connectivity index (χ0n) is 19.3. The van der Waals surface area contributed by atoms with Gasteiger partial charge in [0.25, 0.3) is 0 Å². The van der Waals surface area contributed by atoms with Gasteiger partial charge in [-0.25, -0.2) is 9.78 Å². The lowest BCUT2D eigenvalue weighted by atomic mass is 9.89. The van der Waals surface area contributed by atoms with Gasteiger partial charge in [-0.1, -0.05) is 38.1 Å². The van der Waals surface area contributed by atoms with Crippen LogP contribution in [0.5, 0.6) is 0 Å². The van der Waals surface area contributed by atoms with E-state index >= 15 is 0 Å². The van der Waals surface area contributed by atoms with E-state index in [1.807, 2.05) is 32.0 Å². The molecule has 1 aliphatic rings. The van der Waals surface area contributed by atoms with Gasteiger partial charge in [-0.3, -0.25) is 4.79 Å². The van der Waals surface area contributed by atoms with Gasteiger partial charge in [-0.2, -0.15) is 5.26 Å². The minimum Gasteiger partial charge on any atom is -0.465 e. The lowest BCUT2D eigenvalue weighted by molar-refractivity contribution is -0.115. The first kappa shape index (κ1) is 24.0. The first-order chi connectivity index (χ1) is 16.4. The Morgan fingerprint density at radius 2 is 2.03 bits per heavy atom. The third-order valence-electron chi connectivity index (χ3n) is 5.72. The number of aryl methyl sites for hydroxylation is 1. The minimum atomic E-state index is -0.435. The van der Waals surface area contributed by atoms with Crippen molar-refractivity contribution >= 4 is 40.0 Å². The third kappa shape index (κ3) is 4.86. The summed E-state index contributed by atoms with van der Waals surface area (Å²) >= 11 is 2.82. The average molecular weight is 492 g/mol. The van der Waals surface area contributed by atoms with Crippen molar-refractivity contribution < 1.29 is 14.3 Å². The van der Waals surface area contributed by atoms with Crippen LogP contribution in [-0.2, 0) is 22.4 Å². The van der Waals surface area contributed by atoms with Gasteiger partial charge in [0.2, 0.25) is 5.91 Å². The van der Waals surface area contributed by atoms with Crippen LogP contribution < -0.4 is 5.32 Å². The smallest absolute Gasteiger partial charge is 0.341 e. The molecule has 0 saturated carbocycles. The second kappa shape index (κ2) is 10.4. The van der Waals surface area contributed by atoms with Crippen molar-refractivity contribution in [3.8, 4) is 16.5 Å². The molecule has 0 saturated heterocycles. The lowest BCUT2D eigenvalue weighted by Gasteiger charge is -2.16. The number of amides is 1. The van der Waals surface area contributed by atoms with Crippen LogP contribution in [-0.4, -0.2) is 29.7 Å². The van der Waals surface area contributed by atoms with Crippen molar-refractivity contribution in [2.24, 2.45) is 0 Å². The number of nitrogens with one attached hydrogen (secondary N) is 1. The molecule has 0 atom stereocenters. The molecule has 2 aromatic heterocycles. The molecule has 174 valence electrons. The zero-order valence-corrected chi connectivity index (χ0v) is 20.9. The predicted molar refractivity (Wildman–Crippen MR) is 136 cm³/mol. The molecule has 1 amide bonds. The fourth-order valence-electron chi connectivity index (χ4n) is 3.95. The SMILES string of the molecule is COC(=O)c1c(NC(=O)CCSc2nc(C(C)C)ccc2C#N)sc2c1CCc1ccccc1-2.